The minimum Gasteiger partial charge on any atom is -0.348 e. The molecular weight excluding hydrogens is 380 g/mol. The number of benzene rings is 2. The average molecular weight is 395 g/mol. The Morgan fingerprint density at radius 3 is 2.69 bits per heavy atom. The summed E-state index contributed by atoms with van der Waals surface area (Å²) in [5, 5.41) is 23.0. The highest BCUT2D eigenvalue weighted by molar-refractivity contribution is 5.96. The van der Waals surface area contributed by atoms with Gasteiger partial charge in [-0.2, -0.15) is 10.5 Å². The summed E-state index contributed by atoms with van der Waals surface area (Å²) >= 11 is 0. The van der Waals surface area contributed by atoms with E-state index in [1.165, 1.54) is 18.2 Å². The second-order valence-corrected chi connectivity index (χ2v) is 6.52. The Balaban J connectivity index is 1.70. The topological polar surface area (TPSA) is 109 Å². The first-order chi connectivity index (χ1) is 13.8. The third kappa shape index (κ3) is 4.14. The molecule has 29 heavy (non-hydrogen) atoms. The van der Waals surface area contributed by atoms with Crippen molar-refractivity contribution in [3.63, 3.8) is 0 Å². The molecule has 7 nitrogen and oxygen atoms in total. The molecule has 146 valence electrons. The largest absolute Gasteiger partial charge is 0.348 e. The molecule has 0 spiro atoms. The Labute approximate surface area is 165 Å². The van der Waals surface area contributed by atoms with Crippen molar-refractivity contribution >= 4 is 17.6 Å². The maximum atomic E-state index is 14.1. The summed E-state index contributed by atoms with van der Waals surface area (Å²) in [6.07, 6.45) is 0. The van der Waals surface area contributed by atoms with Crippen molar-refractivity contribution < 1.29 is 18.4 Å². The van der Waals surface area contributed by atoms with E-state index in [1.807, 2.05) is 12.1 Å². The number of urea groups is 1. The Hall–Kier alpha value is -3.98. The van der Waals surface area contributed by atoms with Crippen LogP contribution in [0.2, 0.25) is 0 Å². The van der Waals surface area contributed by atoms with Gasteiger partial charge in [0.25, 0.3) is 0 Å². The Morgan fingerprint density at radius 1 is 1.28 bits per heavy atom. The number of rotatable bonds is 4. The van der Waals surface area contributed by atoms with Crippen LogP contribution < -0.4 is 10.6 Å². The molecule has 0 bridgehead atoms. The van der Waals surface area contributed by atoms with Gasteiger partial charge in [0.2, 0.25) is 5.91 Å². The molecule has 2 N–H and O–H groups in total. The van der Waals surface area contributed by atoms with Gasteiger partial charge in [0.1, 0.15) is 24.2 Å². The fourth-order valence-corrected chi connectivity index (χ4v) is 3.10. The SMILES string of the molecule is C[C@@H](NC(=O)CN1Cc2cc(F)cc(C#N)c2NC1=O)c1ccc(C#N)cc1F. The number of hydrogen-bond donors (Lipinski definition) is 2. The van der Waals surface area contributed by atoms with Gasteiger partial charge in [0.15, 0.2) is 0 Å². The highest BCUT2D eigenvalue weighted by Gasteiger charge is 2.27. The van der Waals surface area contributed by atoms with E-state index in [9.17, 15) is 18.4 Å². The molecule has 2 aromatic rings. The van der Waals surface area contributed by atoms with E-state index in [-0.39, 0.29) is 35.5 Å². The summed E-state index contributed by atoms with van der Waals surface area (Å²) in [5.74, 6) is -1.79. The molecule has 1 aliphatic rings. The number of carbonyl (C=O) groups excluding carboxylic acids is 2. The van der Waals surface area contributed by atoms with Gasteiger partial charge in [0, 0.05) is 5.56 Å². The van der Waals surface area contributed by atoms with Crippen LogP contribution in [-0.2, 0) is 11.3 Å². The van der Waals surface area contributed by atoms with E-state index in [1.54, 1.807) is 6.92 Å². The molecule has 1 atom stereocenters. The number of nitrogens with one attached hydrogen (secondary N) is 2. The molecule has 0 aromatic heterocycles. The predicted molar refractivity (Wildman–Crippen MR) is 98.2 cm³/mol. The Kier molecular flexibility index (Phi) is 5.42. The maximum Gasteiger partial charge on any atom is 0.322 e. The van der Waals surface area contributed by atoms with Crippen LogP contribution in [-0.4, -0.2) is 23.4 Å². The van der Waals surface area contributed by atoms with Crippen LogP contribution in [0, 0.1) is 34.3 Å². The number of nitriles is 2. The van der Waals surface area contributed by atoms with Crippen molar-refractivity contribution in [3.8, 4) is 12.1 Å². The predicted octanol–water partition coefficient (Wildman–Crippen LogP) is 2.93. The van der Waals surface area contributed by atoms with E-state index in [0.717, 1.165) is 17.0 Å². The van der Waals surface area contributed by atoms with E-state index >= 15 is 0 Å². The van der Waals surface area contributed by atoms with Gasteiger partial charge in [-0.25, -0.2) is 13.6 Å². The van der Waals surface area contributed by atoms with Gasteiger partial charge >= 0.3 is 6.03 Å². The summed E-state index contributed by atoms with van der Waals surface area (Å²) in [5.41, 5.74) is 0.968. The highest BCUT2D eigenvalue weighted by atomic mass is 19.1. The normalized spacial score (nSPS) is 13.6. The van der Waals surface area contributed by atoms with Crippen LogP contribution in [0.1, 0.15) is 35.2 Å². The first-order valence-electron chi connectivity index (χ1n) is 8.59. The number of anilines is 1. The fourth-order valence-electron chi connectivity index (χ4n) is 3.10. The maximum absolute atomic E-state index is 14.1. The number of amides is 3. The quantitative estimate of drug-likeness (QED) is 0.829. The van der Waals surface area contributed by atoms with Crippen molar-refractivity contribution in [2.24, 2.45) is 0 Å². The smallest absolute Gasteiger partial charge is 0.322 e. The van der Waals surface area contributed by atoms with Crippen molar-refractivity contribution in [2.45, 2.75) is 19.5 Å². The lowest BCUT2D eigenvalue weighted by atomic mass is 10.0. The van der Waals surface area contributed by atoms with Gasteiger partial charge in [-0.15, -0.1) is 0 Å². The molecule has 0 unspecified atom stereocenters. The molecule has 0 saturated carbocycles. The molecule has 0 fully saturated rings. The molecule has 0 radical (unpaired) electrons. The lowest BCUT2D eigenvalue weighted by molar-refractivity contribution is -0.122. The lowest BCUT2D eigenvalue weighted by Crippen LogP contribution is -2.45. The number of halogens is 2. The van der Waals surface area contributed by atoms with Crippen LogP contribution in [0.3, 0.4) is 0 Å². The fraction of sp³-hybridized carbons (Fsp3) is 0.200. The van der Waals surface area contributed by atoms with Crippen LogP contribution in [0.25, 0.3) is 0 Å². The van der Waals surface area contributed by atoms with Crippen molar-refractivity contribution in [3.05, 3.63) is 64.2 Å². The van der Waals surface area contributed by atoms with E-state index in [0.29, 0.717) is 5.56 Å². The minimum absolute atomic E-state index is 0.00219. The van der Waals surface area contributed by atoms with Crippen LogP contribution >= 0.6 is 0 Å². The summed E-state index contributed by atoms with van der Waals surface area (Å²) < 4.78 is 27.8. The lowest BCUT2D eigenvalue weighted by Gasteiger charge is -2.29. The van der Waals surface area contributed by atoms with Crippen LogP contribution in [0.15, 0.2) is 30.3 Å². The van der Waals surface area contributed by atoms with E-state index in [4.69, 9.17) is 10.5 Å². The number of fused-ring (bicyclic) bond motifs is 1. The third-order valence-electron chi connectivity index (χ3n) is 4.49. The second kappa shape index (κ2) is 7.95. The summed E-state index contributed by atoms with van der Waals surface area (Å²) in [4.78, 5) is 25.8. The van der Waals surface area contributed by atoms with Gasteiger partial charge < -0.3 is 15.5 Å². The Bertz CT molecular complexity index is 1090. The van der Waals surface area contributed by atoms with Crippen molar-refractivity contribution in [1.29, 1.82) is 10.5 Å². The van der Waals surface area contributed by atoms with Crippen molar-refractivity contribution in [1.82, 2.24) is 10.2 Å². The number of carbonyl (C=O) groups is 2. The van der Waals surface area contributed by atoms with Gasteiger partial charge in [-0.05, 0) is 36.8 Å². The summed E-state index contributed by atoms with van der Waals surface area (Å²) in [6.45, 7) is 1.18. The monoisotopic (exact) mass is 395 g/mol. The second-order valence-electron chi connectivity index (χ2n) is 6.52. The third-order valence-corrected chi connectivity index (χ3v) is 4.49. The molecule has 3 amide bonds. The molecule has 2 aromatic carbocycles. The molecule has 0 aliphatic carbocycles. The molecule has 9 heteroatoms. The van der Waals surface area contributed by atoms with Crippen LogP contribution in [0.4, 0.5) is 19.3 Å². The molecule has 1 heterocycles. The average Bonchev–Trinajstić information content (AvgIpc) is 2.67. The van der Waals surface area contributed by atoms with E-state index in [2.05, 4.69) is 10.6 Å². The zero-order valence-corrected chi connectivity index (χ0v) is 15.3. The summed E-state index contributed by atoms with van der Waals surface area (Å²) in [6, 6.07) is 8.49. The highest BCUT2D eigenvalue weighted by Crippen LogP contribution is 2.28. The number of hydrogen-bond acceptors (Lipinski definition) is 4. The first-order valence-corrected chi connectivity index (χ1v) is 8.59. The van der Waals surface area contributed by atoms with Gasteiger partial charge in [-0.3, -0.25) is 4.79 Å². The summed E-state index contributed by atoms with van der Waals surface area (Å²) in [7, 11) is 0. The standard InChI is InChI=1S/C20H15F2N5O2/c1-11(16-3-2-12(7-23)4-17(16)22)25-18(28)10-27-9-14-6-15(21)5-13(8-24)19(14)26-20(27)29/h2-6,11H,9-10H2,1H3,(H,25,28)(H,26,29)/t11-/m1/s1. The van der Waals surface area contributed by atoms with Gasteiger partial charge in [-0.1, -0.05) is 6.07 Å². The van der Waals surface area contributed by atoms with Crippen molar-refractivity contribution in [2.75, 3.05) is 11.9 Å². The van der Waals surface area contributed by atoms with Gasteiger partial charge in [0.05, 0.1) is 35.5 Å². The minimum atomic E-state index is -0.696. The zero-order valence-electron chi connectivity index (χ0n) is 15.3. The molecular formula is C20H15F2N5O2. The number of nitrogens with zero attached hydrogens (tertiary/aromatic N) is 3. The van der Waals surface area contributed by atoms with E-state index < -0.39 is 29.6 Å². The zero-order chi connectivity index (χ0) is 21.1. The Morgan fingerprint density at radius 2 is 2.03 bits per heavy atom. The molecule has 1 aliphatic heterocycles. The first kappa shape index (κ1) is 19.8. The molecule has 3 rings (SSSR count). The molecule has 0 saturated heterocycles. The van der Waals surface area contributed by atoms with Crippen LogP contribution in [0.5, 0.6) is 0 Å².